The van der Waals surface area contributed by atoms with Crippen LogP contribution in [0.15, 0.2) is 18.6 Å². The number of nitrogens with zero attached hydrogens (tertiary/aromatic N) is 4. The van der Waals surface area contributed by atoms with Crippen LogP contribution in [0.25, 0.3) is 11.0 Å². The smallest absolute Gasteiger partial charge is 0.323 e. The van der Waals surface area contributed by atoms with Crippen LogP contribution in [-0.4, -0.2) is 38.7 Å². The second-order valence-electron chi connectivity index (χ2n) is 5.08. The van der Waals surface area contributed by atoms with E-state index in [0.717, 1.165) is 17.6 Å². The van der Waals surface area contributed by atoms with Crippen molar-refractivity contribution in [2.75, 3.05) is 18.0 Å². The molecule has 1 N–H and O–H groups in total. The van der Waals surface area contributed by atoms with Crippen LogP contribution in [0.5, 0.6) is 0 Å². The molecule has 1 aliphatic rings. The van der Waals surface area contributed by atoms with Gasteiger partial charge in [0.05, 0.1) is 11.8 Å². The molecule has 1 saturated carbocycles. The van der Waals surface area contributed by atoms with Crippen molar-refractivity contribution in [3.63, 3.8) is 0 Å². The largest absolute Gasteiger partial charge is 0.480 e. The van der Waals surface area contributed by atoms with Crippen LogP contribution >= 0.6 is 0 Å². The number of carbonyl (C=O) groups is 1. The summed E-state index contributed by atoms with van der Waals surface area (Å²) in [6, 6.07) is 1.89. The van der Waals surface area contributed by atoms with Gasteiger partial charge in [0.25, 0.3) is 0 Å². The highest BCUT2D eigenvalue weighted by atomic mass is 16.4. The summed E-state index contributed by atoms with van der Waals surface area (Å²) in [5, 5.41) is 9.06. The first-order valence-electron chi connectivity index (χ1n) is 6.38. The average molecular weight is 260 g/mol. The molecule has 19 heavy (non-hydrogen) atoms. The normalized spacial score (nSPS) is 14.8. The summed E-state index contributed by atoms with van der Waals surface area (Å²) in [6.07, 6.45) is 5.79. The Labute approximate surface area is 110 Å². The Morgan fingerprint density at radius 3 is 3.00 bits per heavy atom. The molecule has 1 aliphatic carbocycles. The number of carboxylic acid groups (broad SMARTS) is 1. The van der Waals surface area contributed by atoms with Crippen LogP contribution in [0.1, 0.15) is 12.8 Å². The molecule has 0 unspecified atom stereocenters. The maximum absolute atomic E-state index is 11.0. The van der Waals surface area contributed by atoms with Crippen molar-refractivity contribution >= 4 is 22.8 Å². The van der Waals surface area contributed by atoms with Gasteiger partial charge in [-0.3, -0.25) is 4.79 Å². The van der Waals surface area contributed by atoms with Crippen molar-refractivity contribution in [2.45, 2.75) is 12.8 Å². The first-order chi connectivity index (χ1) is 9.15. The van der Waals surface area contributed by atoms with Crippen LogP contribution in [0, 0.1) is 5.92 Å². The van der Waals surface area contributed by atoms with E-state index >= 15 is 0 Å². The van der Waals surface area contributed by atoms with Gasteiger partial charge in [-0.1, -0.05) is 0 Å². The first kappa shape index (κ1) is 12.0. The highest BCUT2D eigenvalue weighted by molar-refractivity contribution is 5.88. The molecule has 2 aromatic heterocycles. The van der Waals surface area contributed by atoms with E-state index in [-0.39, 0.29) is 6.54 Å². The number of aryl methyl sites for hydroxylation is 1. The highest BCUT2D eigenvalue weighted by Gasteiger charge is 2.27. The monoisotopic (exact) mass is 260 g/mol. The number of imidazole rings is 1. The zero-order chi connectivity index (χ0) is 13.4. The van der Waals surface area contributed by atoms with Crippen molar-refractivity contribution in [2.24, 2.45) is 13.0 Å². The summed E-state index contributed by atoms with van der Waals surface area (Å²) in [7, 11) is 1.92. The molecule has 0 atom stereocenters. The summed E-state index contributed by atoms with van der Waals surface area (Å²) in [6.45, 7) is 0.716. The van der Waals surface area contributed by atoms with Crippen LogP contribution in [0.4, 0.5) is 5.82 Å². The van der Waals surface area contributed by atoms with Gasteiger partial charge in [-0.25, -0.2) is 9.97 Å². The molecule has 6 nitrogen and oxygen atoms in total. The molecule has 0 spiro atoms. The fourth-order valence-electron chi connectivity index (χ4n) is 2.28. The molecule has 100 valence electrons. The van der Waals surface area contributed by atoms with Gasteiger partial charge in [0, 0.05) is 19.8 Å². The molecule has 2 aromatic rings. The standard InChI is InChI=1S/C13H16N4O2/c1-16-8-15-12-10(16)4-5-14-13(12)17(7-11(18)19)6-9-2-3-9/h4-5,8-9H,2-3,6-7H2,1H3,(H,18,19). The van der Waals surface area contributed by atoms with E-state index < -0.39 is 5.97 Å². The molecule has 0 aromatic carbocycles. The fraction of sp³-hybridized carbons (Fsp3) is 0.462. The number of aliphatic carboxylic acids is 1. The number of carboxylic acids is 1. The second kappa shape index (κ2) is 4.53. The molecular formula is C13H16N4O2. The van der Waals surface area contributed by atoms with Crippen LogP contribution in [-0.2, 0) is 11.8 Å². The van der Waals surface area contributed by atoms with Gasteiger partial charge in [0.15, 0.2) is 5.82 Å². The SMILES string of the molecule is Cn1cnc2c(N(CC(=O)O)CC3CC3)nccc21. The third-order valence-corrected chi connectivity index (χ3v) is 3.42. The molecule has 2 heterocycles. The van der Waals surface area contributed by atoms with E-state index in [9.17, 15) is 4.79 Å². The number of anilines is 1. The number of aromatic nitrogens is 3. The Morgan fingerprint density at radius 1 is 1.53 bits per heavy atom. The summed E-state index contributed by atoms with van der Waals surface area (Å²) in [5.41, 5.74) is 1.74. The van der Waals surface area contributed by atoms with Gasteiger partial charge in [-0.05, 0) is 24.8 Å². The topological polar surface area (TPSA) is 71.2 Å². The van der Waals surface area contributed by atoms with Crippen molar-refractivity contribution in [1.29, 1.82) is 0 Å². The van der Waals surface area contributed by atoms with Gasteiger partial charge < -0.3 is 14.6 Å². The Balaban J connectivity index is 2.00. The predicted octanol–water partition coefficient (Wildman–Crippen LogP) is 1.27. The Kier molecular flexibility index (Phi) is 2.85. The molecule has 6 heteroatoms. The van der Waals surface area contributed by atoms with Gasteiger partial charge >= 0.3 is 5.97 Å². The van der Waals surface area contributed by atoms with Crippen molar-refractivity contribution in [3.05, 3.63) is 18.6 Å². The van der Waals surface area contributed by atoms with E-state index in [2.05, 4.69) is 9.97 Å². The maximum atomic E-state index is 11.0. The lowest BCUT2D eigenvalue weighted by atomic mass is 10.3. The van der Waals surface area contributed by atoms with Gasteiger partial charge in [0.2, 0.25) is 0 Å². The van der Waals surface area contributed by atoms with Crippen LogP contribution in [0.3, 0.4) is 0 Å². The summed E-state index contributed by atoms with van der Waals surface area (Å²) in [4.78, 5) is 21.5. The lowest BCUT2D eigenvalue weighted by molar-refractivity contribution is -0.135. The van der Waals surface area contributed by atoms with E-state index in [0.29, 0.717) is 11.7 Å². The van der Waals surface area contributed by atoms with Crippen molar-refractivity contribution in [1.82, 2.24) is 14.5 Å². The second-order valence-corrected chi connectivity index (χ2v) is 5.08. The molecule has 0 aliphatic heterocycles. The van der Waals surface area contributed by atoms with E-state index in [1.165, 1.54) is 12.8 Å². The average Bonchev–Trinajstić information content (AvgIpc) is 3.11. The van der Waals surface area contributed by atoms with Gasteiger partial charge in [0.1, 0.15) is 12.1 Å². The van der Waals surface area contributed by atoms with Crippen LogP contribution in [0.2, 0.25) is 0 Å². The number of fused-ring (bicyclic) bond motifs is 1. The maximum Gasteiger partial charge on any atom is 0.323 e. The molecule has 0 radical (unpaired) electrons. The van der Waals surface area contributed by atoms with Crippen molar-refractivity contribution < 1.29 is 9.90 Å². The number of hydrogen-bond acceptors (Lipinski definition) is 4. The highest BCUT2D eigenvalue weighted by Crippen LogP contribution is 2.32. The minimum absolute atomic E-state index is 0.0286. The third kappa shape index (κ3) is 2.38. The van der Waals surface area contributed by atoms with Crippen LogP contribution < -0.4 is 4.90 Å². The lowest BCUT2D eigenvalue weighted by Gasteiger charge is -2.21. The number of rotatable bonds is 5. The Morgan fingerprint density at radius 2 is 2.32 bits per heavy atom. The quantitative estimate of drug-likeness (QED) is 0.876. The minimum Gasteiger partial charge on any atom is -0.480 e. The summed E-state index contributed by atoms with van der Waals surface area (Å²) in [5.74, 6) is 0.433. The fourth-order valence-corrected chi connectivity index (χ4v) is 2.28. The molecular weight excluding hydrogens is 244 g/mol. The summed E-state index contributed by atoms with van der Waals surface area (Å²) >= 11 is 0. The van der Waals surface area contributed by atoms with Gasteiger partial charge in [-0.15, -0.1) is 0 Å². The molecule has 3 rings (SSSR count). The molecule has 0 amide bonds. The Hall–Kier alpha value is -2.11. The Bertz CT molecular complexity index is 618. The molecule has 0 bridgehead atoms. The first-order valence-corrected chi connectivity index (χ1v) is 6.38. The van der Waals surface area contributed by atoms with Crippen molar-refractivity contribution in [3.8, 4) is 0 Å². The van der Waals surface area contributed by atoms with Gasteiger partial charge in [-0.2, -0.15) is 0 Å². The minimum atomic E-state index is -0.838. The predicted molar refractivity (Wildman–Crippen MR) is 71.1 cm³/mol. The van der Waals surface area contributed by atoms with E-state index in [1.807, 2.05) is 22.6 Å². The zero-order valence-electron chi connectivity index (χ0n) is 10.8. The number of pyridine rings is 1. The van der Waals surface area contributed by atoms with E-state index in [4.69, 9.17) is 5.11 Å². The lowest BCUT2D eigenvalue weighted by Crippen LogP contribution is -2.32. The molecule has 0 saturated heterocycles. The number of hydrogen-bond donors (Lipinski definition) is 1. The summed E-state index contributed by atoms with van der Waals surface area (Å²) < 4.78 is 1.91. The van der Waals surface area contributed by atoms with E-state index in [1.54, 1.807) is 12.5 Å². The third-order valence-electron chi connectivity index (χ3n) is 3.42. The molecule has 1 fully saturated rings. The zero-order valence-corrected chi connectivity index (χ0v) is 10.8.